The average Bonchev–Trinajstić information content (AvgIpc) is 3.60. The highest BCUT2D eigenvalue weighted by Crippen LogP contribution is 2.39. The van der Waals surface area contributed by atoms with Gasteiger partial charge in [0.25, 0.3) is 0 Å². The molecule has 0 saturated heterocycles. The predicted octanol–water partition coefficient (Wildman–Crippen LogP) is 9.32. The van der Waals surface area contributed by atoms with Gasteiger partial charge in [-0.3, -0.25) is 0 Å². The van der Waals surface area contributed by atoms with E-state index in [9.17, 15) is 0 Å². The quantitative estimate of drug-likeness (QED) is 0.228. The summed E-state index contributed by atoms with van der Waals surface area (Å²) >= 11 is 6.25. The first kappa shape index (κ1) is 17.5. The lowest BCUT2D eigenvalue weighted by atomic mass is 10.0. The van der Waals surface area contributed by atoms with E-state index >= 15 is 0 Å². The molecule has 3 aromatic heterocycles. The fourth-order valence-corrected chi connectivity index (χ4v) is 5.20. The molecular formula is C33H18ClN3O2. The van der Waals surface area contributed by atoms with Gasteiger partial charge in [0, 0.05) is 49.3 Å². The minimum atomic E-state index is -0.499. The average molecular weight is 529 g/mol. The highest BCUT2D eigenvalue weighted by atomic mass is 35.5. The molecule has 0 N–H and O–H groups in total. The van der Waals surface area contributed by atoms with Crippen LogP contribution in [0, 0.1) is 0 Å². The molecule has 5 nitrogen and oxygen atoms in total. The maximum absolute atomic E-state index is 8.66. The number of hydrogen-bond acceptors (Lipinski definition) is 5. The molecule has 0 saturated carbocycles. The van der Waals surface area contributed by atoms with Crippen LogP contribution in [-0.4, -0.2) is 15.0 Å². The van der Waals surface area contributed by atoms with Gasteiger partial charge >= 0.3 is 0 Å². The number of halogens is 1. The van der Waals surface area contributed by atoms with Crippen LogP contribution in [0.3, 0.4) is 0 Å². The molecule has 8 aromatic rings. The third-order valence-electron chi connectivity index (χ3n) is 6.70. The van der Waals surface area contributed by atoms with Crippen LogP contribution in [0.2, 0.25) is 5.02 Å². The lowest BCUT2D eigenvalue weighted by Gasteiger charge is -2.10. The molecule has 0 spiro atoms. The van der Waals surface area contributed by atoms with Gasteiger partial charge in [-0.2, -0.15) is 0 Å². The number of hydrogen-bond donors (Lipinski definition) is 0. The summed E-state index contributed by atoms with van der Waals surface area (Å²) in [6.45, 7) is 0. The van der Waals surface area contributed by atoms with Gasteiger partial charge in [-0.05, 0) is 30.3 Å². The summed E-state index contributed by atoms with van der Waals surface area (Å²) in [6, 6.07) is 21.8. The molecule has 0 unspecified atom stereocenters. The van der Waals surface area contributed by atoms with Crippen LogP contribution in [0.5, 0.6) is 0 Å². The number of aromatic nitrogens is 3. The van der Waals surface area contributed by atoms with Crippen LogP contribution in [0.1, 0.15) is 6.85 Å². The van der Waals surface area contributed by atoms with Gasteiger partial charge in [0.1, 0.15) is 22.3 Å². The first-order chi connectivity index (χ1) is 21.3. The maximum Gasteiger partial charge on any atom is 0.164 e. The minimum Gasteiger partial charge on any atom is -0.456 e. The third-order valence-corrected chi connectivity index (χ3v) is 6.94. The Bertz CT molecular complexity index is 2460. The summed E-state index contributed by atoms with van der Waals surface area (Å²) in [7, 11) is 0. The Balaban J connectivity index is 1.49. The first-order valence-corrected chi connectivity index (χ1v) is 12.5. The SMILES string of the molecule is [2H]c1c([2H])c([2H])c(-c2nc(-c3cccc4oc5ccccc5c34)nc(-c3cccc4oc5cc(Cl)ccc5c34)n2)c([2H])c1[2H]. The number of benzene rings is 5. The van der Waals surface area contributed by atoms with E-state index in [1.54, 1.807) is 12.1 Å². The Morgan fingerprint density at radius 1 is 0.564 bits per heavy atom. The van der Waals surface area contributed by atoms with Crippen LogP contribution in [-0.2, 0) is 0 Å². The zero-order valence-electron chi connectivity index (χ0n) is 25.0. The number of nitrogens with zero attached hydrogens (tertiary/aromatic N) is 3. The Hall–Kier alpha value is -5.00. The maximum atomic E-state index is 8.66. The number of rotatable bonds is 3. The lowest BCUT2D eigenvalue weighted by Crippen LogP contribution is -2.00. The molecule has 0 atom stereocenters. The summed E-state index contributed by atoms with van der Waals surface area (Å²) in [5.41, 5.74) is 3.65. The highest BCUT2D eigenvalue weighted by Gasteiger charge is 2.20. The molecule has 0 aliphatic heterocycles. The van der Waals surface area contributed by atoms with Gasteiger partial charge < -0.3 is 8.83 Å². The van der Waals surface area contributed by atoms with Crippen LogP contribution < -0.4 is 0 Å². The predicted molar refractivity (Wildman–Crippen MR) is 156 cm³/mol. The van der Waals surface area contributed by atoms with E-state index in [-0.39, 0.29) is 23.0 Å². The van der Waals surface area contributed by atoms with Gasteiger partial charge in [-0.25, -0.2) is 15.0 Å². The Morgan fingerprint density at radius 3 is 1.87 bits per heavy atom. The minimum absolute atomic E-state index is 0.0559. The van der Waals surface area contributed by atoms with Crippen LogP contribution in [0.15, 0.2) is 118 Å². The molecule has 0 aliphatic carbocycles. The van der Waals surface area contributed by atoms with Crippen LogP contribution in [0.4, 0.5) is 0 Å². The number of furan rings is 2. The van der Waals surface area contributed by atoms with E-state index in [4.69, 9.17) is 42.2 Å². The zero-order chi connectivity index (χ0) is 30.3. The topological polar surface area (TPSA) is 65.0 Å². The fourth-order valence-electron chi connectivity index (χ4n) is 5.04. The standard InChI is InChI=1S/C33H18ClN3O2/c34-20-16-17-22-28(18-20)39-27-15-7-12-24(30(22)27)33-36-31(19-8-2-1-3-9-19)35-32(37-33)23-11-6-14-26-29(23)21-10-4-5-13-25(21)38-26/h1-18H/i1D,2D,3D,8D,9D. The van der Waals surface area contributed by atoms with Gasteiger partial charge in [-0.15, -0.1) is 0 Å². The molecule has 184 valence electrons. The summed E-state index contributed by atoms with van der Waals surface area (Å²) in [4.78, 5) is 14.4. The summed E-state index contributed by atoms with van der Waals surface area (Å²) in [5, 5.41) is 3.73. The van der Waals surface area contributed by atoms with Gasteiger partial charge in [-0.1, -0.05) is 84.3 Å². The largest absolute Gasteiger partial charge is 0.456 e. The van der Waals surface area contributed by atoms with Gasteiger partial charge in [0.2, 0.25) is 0 Å². The van der Waals surface area contributed by atoms with Crippen molar-refractivity contribution < 1.29 is 15.7 Å². The fraction of sp³-hybridized carbons (Fsp3) is 0. The van der Waals surface area contributed by atoms with Crippen molar-refractivity contribution in [3.05, 3.63) is 114 Å². The molecule has 3 heterocycles. The van der Waals surface area contributed by atoms with E-state index in [0.29, 0.717) is 38.5 Å². The van der Waals surface area contributed by atoms with E-state index in [1.807, 2.05) is 66.7 Å². The van der Waals surface area contributed by atoms with Crippen LogP contribution in [0.25, 0.3) is 78.0 Å². The molecule has 0 bridgehead atoms. The lowest BCUT2D eigenvalue weighted by molar-refractivity contribution is 0.668. The Labute approximate surface area is 234 Å². The second-order valence-electron chi connectivity index (χ2n) is 9.00. The van der Waals surface area contributed by atoms with Crippen molar-refractivity contribution in [3.63, 3.8) is 0 Å². The normalized spacial score (nSPS) is 13.5. The molecule has 0 fully saturated rings. The molecule has 0 amide bonds. The number of fused-ring (bicyclic) bond motifs is 6. The zero-order valence-corrected chi connectivity index (χ0v) is 20.8. The molecule has 5 aromatic carbocycles. The molecule has 0 radical (unpaired) electrons. The van der Waals surface area contributed by atoms with Crippen molar-refractivity contribution in [1.82, 2.24) is 15.0 Å². The second kappa shape index (κ2) is 8.51. The smallest absolute Gasteiger partial charge is 0.164 e. The molecule has 6 heteroatoms. The molecule has 8 rings (SSSR count). The number of para-hydroxylation sites is 1. The van der Waals surface area contributed by atoms with E-state index in [1.165, 1.54) is 0 Å². The second-order valence-corrected chi connectivity index (χ2v) is 9.44. The monoisotopic (exact) mass is 528 g/mol. The summed E-state index contributed by atoms with van der Waals surface area (Å²) < 4.78 is 54.2. The van der Waals surface area contributed by atoms with E-state index in [2.05, 4.69) is 0 Å². The Kier molecular flexibility index (Phi) is 3.82. The first-order valence-electron chi connectivity index (χ1n) is 14.7. The highest BCUT2D eigenvalue weighted by molar-refractivity contribution is 6.31. The van der Waals surface area contributed by atoms with Gasteiger partial charge in [0.05, 0.1) is 6.85 Å². The van der Waals surface area contributed by atoms with Crippen molar-refractivity contribution in [2.45, 2.75) is 0 Å². The van der Waals surface area contributed by atoms with Crippen molar-refractivity contribution in [2.75, 3.05) is 0 Å². The molecule has 39 heavy (non-hydrogen) atoms. The Morgan fingerprint density at radius 2 is 1.15 bits per heavy atom. The molecule has 0 aliphatic rings. The molecular weight excluding hydrogens is 506 g/mol. The van der Waals surface area contributed by atoms with Crippen molar-refractivity contribution in [3.8, 4) is 34.2 Å². The third kappa shape index (κ3) is 3.51. The summed E-state index contributed by atoms with van der Waals surface area (Å²) in [5.74, 6) is 0.436. The van der Waals surface area contributed by atoms with Crippen molar-refractivity contribution in [1.29, 1.82) is 0 Å². The van der Waals surface area contributed by atoms with Crippen LogP contribution >= 0.6 is 11.6 Å². The van der Waals surface area contributed by atoms with Crippen molar-refractivity contribution >= 4 is 55.5 Å². The summed E-state index contributed by atoms with van der Waals surface area (Å²) in [6.07, 6.45) is 0. The van der Waals surface area contributed by atoms with E-state index in [0.717, 1.165) is 21.5 Å². The van der Waals surface area contributed by atoms with E-state index < -0.39 is 30.2 Å². The van der Waals surface area contributed by atoms with Crippen molar-refractivity contribution in [2.24, 2.45) is 0 Å². The van der Waals surface area contributed by atoms with Gasteiger partial charge in [0.15, 0.2) is 17.5 Å².